The van der Waals surface area contributed by atoms with Gasteiger partial charge in [-0.3, -0.25) is 4.79 Å². The Morgan fingerprint density at radius 3 is 2.71 bits per heavy atom. The Morgan fingerprint density at radius 2 is 2.00 bits per heavy atom. The van der Waals surface area contributed by atoms with Crippen LogP contribution in [-0.2, 0) is 14.8 Å². The van der Waals surface area contributed by atoms with Gasteiger partial charge in [-0.25, -0.2) is 13.4 Å². The number of carbonyl (C=O) groups is 1. The number of sulfonamides is 1. The third kappa shape index (κ3) is 3.47. The number of aryl methyl sites for hydroxylation is 2. The van der Waals surface area contributed by atoms with E-state index in [1.54, 1.807) is 17.5 Å². The maximum atomic E-state index is 13.0. The van der Waals surface area contributed by atoms with Crippen molar-refractivity contribution < 1.29 is 13.2 Å². The number of nitrogens with one attached hydrogen (secondary N) is 1. The lowest BCUT2D eigenvalue weighted by Gasteiger charge is -2.32. The van der Waals surface area contributed by atoms with Crippen LogP contribution >= 0.6 is 22.7 Å². The molecule has 1 fully saturated rings. The van der Waals surface area contributed by atoms with Gasteiger partial charge in [-0.2, -0.15) is 4.31 Å². The average molecular weight is 436 g/mol. The highest BCUT2D eigenvalue weighted by Gasteiger charge is 2.38. The smallest absolute Gasteiger partial charge is 0.253 e. The lowest BCUT2D eigenvalue weighted by molar-refractivity contribution is -0.120. The van der Waals surface area contributed by atoms with E-state index in [-0.39, 0.29) is 10.1 Å². The topological polar surface area (TPSA) is 79.4 Å². The Bertz CT molecular complexity index is 1080. The highest BCUT2D eigenvalue weighted by Crippen LogP contribution is 2.32. The van der Waals surface area contributed by atoms with Gasteiger partial charge in [-0.15, -0.1) is 11.3 Å². The number of anilines is 1. The van der Waals surface area contributed by atoms with E-state index < -0.39 is 16.1 Å². The maximum Gasteiger partial charge on any atom is 0.253 e. The fourth-order valence-electron chi connectivity index (χ4n) is 3.48. The Balaban J connectivity index is 1.61. The SMILES string of the molecule is Cc1ccc(C)c2sc(NC(=O)C3CCCCN3S(=O)(=O)c3cccs3)nc12. The number of carbonyl (C=O) groups excluding carboxylic acids is 1. The molecule has 0 saturated carbocycles. The molecule has 0 radical (unpaired) electrons. The predicted octanol–water partition coefficient (Wildman–Crippen LogP) is 4.16. The summed E-state index contributed by atoms with van der Waals surface area (Å²) in [6, 6.07) is 6.64. The Hall–Kier alpha value is -1.81. The standard InChI is InChI=1S/C19H21N3O3S3/c1-12-8-9-13(2)17-16(12)20-19(27-17)21-18(23)14-6-3-4-10-22(14)28(24,25)15-7-5-11-26-15/h5,7-9,11,14H,3-4,6,10H2,1-2H3,(H,20,21,23). The largest absolute Gasteiger partial charge is 0.301 e. The molecular formula is C19H21N3O3S3. The number of rotatable bonds is 4. The summed E-state index contributed by atoms with van der Waals surface area (Å²) in [4.78, 5) is 17.6. The summed E-state index contributed by atoms with van der Waals surface area (Å²) in [5.41, 5.74) is 3.04. The van der Waals surface area contributed by atoms with Crippen molar-refractivity contribution in [3.8, 4) is 0 Å². The van der Waals surface area contributed by atoms with E-state index in [1.807, 2.05) is 26.0 Å². The molecule has 6 nitrogen and oxygen atoms in total. The number of hydrogen-bond donors (Lipinski definition) is 1. The molecule has 1 saturated heterocycles. The molecule has 148 valence electrons. The number of piperidine rings is 1. The Morgan fingerprint density at radius 1 is 1.21 bits per heavy atom. The van der Waals surface area contributed by atoms with Gasteiger partial charge in [0.25, 0.3) is 10.0 Å². The normalized spacial score (nSPS) is 18.4. The molecule has 1 aliphatic heterocycles. The summed E-state index contributed by atoms with van der Waals surface area (Å²) in [5.74, 6) is -0.311. The molecule has 1 aromatic carbocycles. The fraction of sp³-hybridized carbons (Fsp3) is 0.368. The minimum Gasteiger partial charge on any atom is -0.301 e. The van der Waals surface area contributed by atoms with Crippen molar-refractivity contribution in [3.05, 3.63) is 40.8 Å². The number of amides is 1. The van der Waals surface area contributed by atoms with Crippen LogP contribution < -0.4 is 5.32 Å². The number of thiophene rings is 1. The second kappa shape index (κ2) is 7.55. The summed E-state index contributed by atoms with van der Waals surface area (Å²) in [6.07, 6.45) is 2.10. The summed E-state index contributed by atoms with van der Waals surface area (Å²) in [6.45, 7) is 4.36. The van der Waals surface area contributed by atoms with Crippen LogP contribution in [0.3, 0.4) is 0 Å². The van der Waals surface area contributed by atoms with Crippen molar-refractivity contribution >= 4 is 54.0 Å². The van der Waals surface area contributed by atoms with Crippen molar-refractivity contribution in [1.82, 2.24) is 9.29 Å². The fourth-order valence-corrected chi connectivity index (χ4v) is 7.27. The summed E-state index contributed by atoms with van der Waals surface area (Å²) < 4.78 is 28.6. The molecular weight excluding hydrogens is 414 g/mol. The first-order chi connectivity index (χ1) is 13.4. The number of hydrogen-bond acceptors (Lipinski definition) is 6. The van der Waals surface area contributed by atoms with Crippen LogP contribution in [0.5, 0.6) is 0 Å². The van der Waals surface area contributed by atoms with Crippen LogP contribution in [0.1, 0.15) is 30.4 Å². The molecule has 2 aromatic heterocycles. The molecule has 1 N–H and O–H groups in total. The molecule has 1 aliphatic rings. The molecule has 1 amide bonds. The van der Waals surface area contributed by atoms with E-state index in [0.717, 1.165) is 34.2 Å². The molecule has 0 spiro atoms. The molecule has 1 atom stereocenters. The first-order valence-electron chi connectivity index (χ1n) is 9.11. The zero-order valence-electron chi connectivity index (χ0n) is 15.6. The predicted molar refractivity (Wildman–Crippen MR) is 114 cm³/mol. The van der Waals surface area contributed by atoms with Gasteiger partial charge in [-0.05, 0) is 49.3 Å². The zero-order chi connectivity index (χ0) is 19.9. The molecule has 3 heterocycles. The molecule has 0 aliphatic carbocycles. The van der Waals surface area contributed by atoms with Gasteiger partial charge in [-0.1, -0.05) is 36.0 Å². The van der Waals surface area contributed by atoms with E-state index in [4.69, 9.17) is 0 Å². The van der Waals surface area contributed by atoms with Crippen molar-refractivity contribution in [2.45, 2.75) is 43.4 Å². The monoisotopic (exact) mass is 435 g/mol. The van der Waals surface area contributed by atoms with Gasteiger partial charge in [0.15, 0.2) is 5.13 Å². The second-order valence-electron chi connectivity index (χ2n) is 6.94. The molecule has 28 heavy (non-hydrogen) atoms. The number of benzene rings is 1. The van der Waals surface area contributed by atoms with Gasteiger partial charge in [0.05, 0.1) is 10.2 Å². The van der Waals surface area contributed by atoms with Crippen molar-refractivity contribution in [3.63, 3.8) is 0 Å². The summed E-state index contributed by atoms with van der Waals surface area (Å²) >= 11 is 2.60. The van der Waals surface area contributed by atoms with Crippen molar-refractivity contribution in [2.75, 3.05) is 11.9 Å². The van der Waals surface area contributed by atoms with E-state index in [0.29, 0.717) is 18.1 Å². The number of thiazole rings is 1. The molecule has 0 bridgehead atoms. The van der Waals surface area contributed by atoms with E-state index >= 15 is 0 Å². The Labute approximate surface area is 172 Å². The van der Waals surface area contributed by atoms with E-state index in [2.05, 4.69) is 10.3 Å². The van der Waals surface area contributed by atoms with E-state index in [1.165, 1.54) is 27.0 Å². The van der Waals surface area contributed by atoms with E-state index in [9.17, 15) is 13.2 Å². The first-order valence-corrected chi connectivity index (χ1v) is 12.2. The van der Waals surface area contributed by atoms with Crippen LogP contribution in [0, 0.1) is 13.8 Å². The summed E-state index contributed by atoms with van der Waals surface area (Å²) in [5, 5.41) is 5.11. The minimum atomic E-state index is -3.67. The Kier molecular flexibility index (Phi) is 5.26. The summed E-state index contributed by atoms with van der Waals surface area (Å²) in [7, 11) is -3.67. The number of nitrogens with zero attached hydrogens (tertiary/aromatic N) is 2. The lowest BCUT2D eigenvalue weighted by atomic mass is 10.0. The average Bonchev–Trinajstić information content (AvgIpc) is 3.35. The van der Waals surface area contributed by atoms with Crippen LogP contribution in [0.2, 0.25) is 0 Å². The van der Waals surface area contributed by atoms with Crippen LogP contribution in [0.25, 0.3) is 10.2 Å². The highest BCUT2D eigenvalue weighted by molar-refractivity contribution is 7.91. The lowest BCUT2D eigenvalue weighted by Crippen LogP contribution is -2.49. The van der Waals surface area contributed by atoms with Crippen LogP contribution in [0.15, 0.2) is 33.9 Å². The third-order valence-electron chi connectivity index (χ3n) is 4.99. The third-order valence-corrected chi connectivity index (χ3v) is 9.37. The van der Waals surface area contributed by atoms with Crippen molar-refractivity contribution in [1.29, 1.82) is 0 Å². The quantitative estimate of drug-likeness (QED) is 0.667. The number of fused-ring (bicyclic) bond motifs is 1. The zero-order valence-corrected chi connectivity index (χ0v) is 18.1. The molecule has 4 rings (SSSR count). The molecule has 3 aromatic rings. The maximum absolute atomic E-state index is 13.0. The van der Waals surface area contributed by atoms with Gasteiger partial charge in [0.1, 0.15) is 10.3 Å². The van der Waals surface area contributed by atoms with Gasteiger partial charge in [0, 0.05) is 6.54 Å². The van der Waals surface area contributed by atoms with Gasteiger partial charge < -0.3 is 5.32 Å². The molecule has 9 heteroatoms. The number of aromatic nitrogens is 1. The van der Waals surface area contributed by atoms with Gasteiger partial charge >= 0.3 is 0 Å². The van der Waals surface area contributed by atoms with Crippen LogP contribution in [-0.4, -0.2) is 36.2 Å². The minimum absolute atomic E-state index is 0.276. The molecule has 1 unspecified atom stereocenters. The highest BCUT2D eigenvalue weighted by atomic mass is 32.2. The van der Waals surface area contributed by atoms with Crippen LogP contribution in [0.4, 0.5) is 5.13 Å². The van der Waals surface area contributed by atoms with Crippen molar-refractivity contribution in [2.24, 2.45) is 0 Å². The second-order valence-corrected chi connectivity index (χ2v) is 11.0. The van der Waals surface area contributed by atoms with Gasteiger partial charge in [0.2, 0.25) is 5.91 Å². The first kappa shape index (κ1) is 19.5.